The number of thiophene rings is 1. The van der Waals surface area contributed by atoms with Crippen molar-refractivity contribution in [3.63, 3.8) is 0 Å². The van der Waals surface area contributed by atoms with Crippen LogP contribution in [0.2, 0.25) is 0 Å². The van der Waals surface area contributed by atoms with Gasteiger partial charge in [0.1, 0.15) is 5.69 Å². The number of hydrogen-bond acceptors (Lipinski definition) is 2. The molecule has 0 fully saturated rings. The van der Waals surface area contributed by atoms with Gasteiger partial charge in [-0.1, -0.05) is 6.07 Å². The van der Waals surface area contributed by atoms with Crippen LogP contribution in [-0.2, 0) is 6.54 Å². The summed E-state index contributed by atoms with van der Waals surface area (Å²) in [5.74, 6) is 0.0813. The number of rotatable bonds is 5. The van der Waals surface area contributed by atoms with E-state index in [1.807, 2.05) is 33.2 Å². The minimum atomic E-state index is 0.0813. The first-order valence-electron chi connectivity index (χ1n) is 7.11. The first-order valence-corrected chi connectivity index (χ1v) is 8.78. The van der Waals surface area contributed by atoms with Crippen molar-refractivity contribution < 1.29 is 4.79 Å². The topological polar surface area (TPSA) is 25.2 Å². The Morgan fingerprint density at radius 3 is 2.62 bits per heavy atom. The molecule has 3 nitrogen and oxygen atoms in total. The maximum absolute atomic E-state index is 12.9. The second-order valence-corrected chi connectivity index (χ2v) is 7.60. The largest absolute Gasteiger partial charge is 0.340 e. The van der Waals surface area contributed by atoms with Gasteiger partial charge in [-0.05, 0) is 61.1 Å². The molecule has 0 aromatic carbocycles. The zero-order valence-electron chi connectivity index (χ0n) is 12.8. The Balaban J connectivity index is 2.30. The molecule has 0 unspecified atom stereocenters. The highest BCUT2D eigenvalue weighted by Crippen LogP contribution is 2.23. The Bertz CT molecular complexity index is 602. The van der Waals surface area contributed by atoms with Gasteiger partial charge in [-0.25, -0.2) is 0 Å². The van der Waals surface area contributed by atoms with E-state index in [0.717, 1.165) is 10.2 Å². The van der Waals surface area contributed by atoms with Gasteiger partial charge in [-0.15, -0.1) is 11.3 Å². The third-order valence-corrected chi connectivity index (χ3v) is 4.68. The van der Waals surface area contributed by atoms with E-state index in [9.17, 15) is 4.79 Å². The Morgan fingerprint density at radius 2 is 2.10 bits per heavy atom. The van der Waals surface area contributed by atoms with E-state index in [0.29, 0.717) is 6.54 Å². The number of hydrogen-bond donors (Lipinski definition) is 0. The van der Waals surface area contributed by atoms with Gasteiger partial charge in [0, 0.05) is 27.6 Å². The lowest BCUT2D eigenvalue weighted by Gasteiger charge is -2.27. The number of aromatic nitrogens is 1. The zero-order valence-corrected chi connectivity index (χ0v) is 15.2. The standard InChI is InChI=1S/C16H21BrN2OS/c1-11(2)18-9-13(17)8-15(18)16(20)19(12(3)4)10-14-6-5-7-21-14/h5-9,11-12H,10H2,1-4H3. The van der Waals surface area contributed by atoms with Gasteiger partial charge in [0.2, 0.25) is 0 Å². The molecule has 2 aromatic rings. The molecule has 21 heavy (non-hydrogen) atoms. The minimum Gasteiger partial charge on any atom is -0.340 e. The predicted octanol–water partition coefficient (Wildman–Crippen LogP) is 4.94. The minimum absolute atomic E-state index is 0.0813. The van der Waals surface area contributed by atoms with Crippen molar-refractivity contribution in [3.8, 4) is 0 Å². The first kappa shape index (κ1) is 16.3. The Labute approximate surface area is 138 Å². The van der Waals surface area contributed by atoms with Gasteiger partial charge >= 0.3 is 0 Å². The van der Waals surface area contributed by atoms with E-state index in [1.165, 1.54) is 4.88 Å². The molecule has 0 aliphatic carbocycles. The van der Waals surface area contributed by atoms with Crippen molar-refractivity contribution >= 4 is 33.2 Å². The van der Waals surface area contributed by atoms with Crippen LogP contribution in [0.5, 0.6) is 0 Å². The summed E-state index contributed by atoms with van der Waals surface area (Å²) in [6, 6.07) is 6.42. The summed E-state index contributed by atoms with van der Waals surface area (Å²) < 4.78 is 2.97. The fourth-order valence-electron chi connectivity index (χ4n) is 2.25. The number of carbonyl (C=O) groups excluding carboxylic acids is 1. The fraction of sp³-hybridized carbons (Fsp3) is 0.438. The monoisotopic (exact) mass is 368 g/mol. The number of halogens is 1. The second-order valence-electron chi connectivity index (χ2n) is 5.65. The van der Waals surface area contributed by atoms with E-state index in [1.54, 1.807) is 11.3 Å². The highest BCUT2D eigenvalue weighted by atomic mass is 79.9. The lowest BCUT2D eigenvalue weighted by Crippen LogP contribution is -2.37. The van der Waals surface area contributed by atoms with Gasteiger partial charge in [-0.3, -0.25) is 4.79 Å². The molecule has 0 aliphatic heterocycles. The van der Waals surface area contributed by atoms with E-state index in [2.05, 4.69) is 49.7 Å². The van der Waals surface area contributed by atoms with E-state index in [4.69, 9.17) is 0 Å². The van der Waals surface area contributed by atoms with Crippen LogP contribution in [-0.4, -0.2) is 21.4 Å². The molecular formula is C16H21BrN2OS. The van der Waals surface area contributed by atoms with Crippen molar-refractivity contribution in [1.82, 2.24) is 9.47 Å². The molecule has 0 aliphatic rings. The third kappa shape index (κ3) is 3.77. The van der Waals surface area contributed by atoms with Crippen LogP contribution in [0.1, 0.15) is 49.1 Å². The molecule has 2 aromatic heterocycles. The molecule has 0 saturated carbocycles. The smallest absolute Gasteiger partial charge is 0.271 e. The average molecular weight is 369 g/mol. The molecule has 5 heteroatoms. The second kappa shape index (κ2) is 6.79. The summed E-state index contributed by atoms with van der Waals surface area (Å²) in [6.07, 6.45) is 1.97. The molecule has 0 saturated heterocycles. The van der Waals surface area contributed by atoms with Crippen LogP contribution in [0.4, 0.5) is 0 Å². The van der Waals surface area contributed by atoms with Crippen molar-refractivity contribution in [2.45, 2.75) is 46.3 Å². The van der Waals surface area contributed by atoms with Crippen molar-refractivity contribution in [2.24, 2.45) is 0 Å². The predicted molar refractivity (Wildman–Crippen MR) is 91.8 cm³/mol. The lowest BCUT2D eigenvalue weighted by atomic mass is 10.2. The molecule has 114 valence electrons. The van der Waals surface area contributed by atoms with Crippen LogP contribution in [0.15, 0.2) is 34.2 Å². The van der Waals surface area contributed by atoms with Gasteiger partial charge in [0.05, 0.1) is 6.54 Å². The quantitative estimate of drug-likeness (QED) is 0.733. The highest BCUT2D eigenvalue weighted by Gasteiger charge is 2.23. The summed E-state index contributed by atoms with van der Waals surface area (Å²) in [5, 5.41) is 2.05. The van der Waals surface area contributed by atoms with Gasteiger partial charge in [0.25, 0.3) is 5.91 Å². The summed E-state index contributed by atoms with van der Waals surface area (Å²) in [5.41, 5.74) is 0.738. The molecule has 2 heterocycles. The number of carbonyl (C=O) groups is 1. The lowest BCUT2D eigenvalue weighted by molar-refractivity contribution is 0.0679. The molecule has 1 amide bonds. The third-order valence-electron chi connectivity index (χ3n) is 3.38. The molecule has 0 N–H and O–H groups in total. The van der Waals surface area contributed by atoms with Crippen LogP contribution in [0, 0.1) is 0 Å². The summed E-state index contributed by atoms with van der Waals surface area (Å²) in [6.45, 7) is 8.95. The average Bonchev–Trinajstić information content (AvgIpc) is 3.03. The van der Waals surface area contributed by atoms with Crippen molar-refractivity contribution in [3.05, 3.63) is 44.8 Å². The zero-order chi connectivity index (χ0) is 15.6. The summed E-state index contributed by atoms with van der Waals surface area (Å²) >= 11 is 5.16. The fourth-order valence-corrected chi connectivity index (χ4v) is 3.39. The van der Waals surface area contributed by atoms with E-state index in [-0.39, 0.29) is 18.0 Å². The van der Waals surface area contributed by atoms with Crippen LogP contribution in [0.3, 0.4) is 0 Å². The maximum atomic E-state index is 12.9. The van der Waals surface area contributed by atoms with Gasteiger partial charge < -0.3 is 9.47 Å². The van der Waals surface area contributed by atoms with Crippen LogP contribution >= 0.6 is 27.3 Å². The van der Waals surface area contributed by atoms with Crippen LogP contribution < -0.4 is 0 Å². The normalized spacial score (nSPS) is 11.4. The Hall–Kier alpha value is -1.07. The number of nitrogens with zero attached hydrogens (tertiary/aromatic N) is 2. The highest BCUT2D eigenvalue weighted by molar-refractivity contribution is 9.10. The summed E-state index contributed by atoms with van der Waals surface area (Å²) in [7, 11) is 0. The van der Waals surface area contributed by atoms with E-state index >= 15 is 0 Å². The van der Waals surface area contributed by atoms with E-state index < -0.39 is 0 Å². The number of amides is 1. The molecular weight excluding hydrogens is 348 g/mol. The van der Waals surface area contributed by atoms with Crippen LogP contribution in [0.25, 0.3) is 0 Å². The van der Waals surface area contributed by atoms with Gasteiger partial charge in [0.15, 0.2) is 0 Å². The Morgan fingerprint density at radius 1 is 1.38 bits per heavy atom. The Kier molecular flexibility index (Phi) is 5.27. The van der Waals surface area contributed by atoms with Crippen molar-refractivity contribution in [2.75, 3.05) is 0 Å². The summed E-state index contributed by atoms with van der Waals surface area (Å²) in [4.78, 5) is 16.1. The van der Waals surface area contributed by atoms with Crippen molar-refractivity contribution in [1.29, 1.82) is 0 Å². The molecule has 0 atom stereocenters. The molecule has 0 radical (unpaired) electrons. The molecule has 0 spiro atoms. The SMILES string of the molecule is CC(C)N(Cc1cccs1)C(=O)c1cc(Br)cn1C(C)C. The van der Waals surface area contributed by atoms with Gasteiger partial charge in [-0.2, -0.15) is 0 Å². The first-order chi connectivity index (χ1) is 9.90. The molecule has 2 rings (SSSR count). The molecule has 0 bridgehead atoms. The maximum Gasteiger partial charge on any atom is 0.271 e.